The highest BCUT2D eigenvalue weighted by Gasteiger charge is 2.16. The standard InChI is InChI=1S/C50H34O/c1-3-12-33(13-4-1)29-45-41-16-7-9-18-43(41)46(44-19-10-8-17-42(44)45)30-34-22-23-37-31-38(25-24-36(37)28-34)39-26-27-48-47(32-39)50-40(20-11-21-49(50)51-48)35-14-5-2-6-15-35/h1-28,31-32H,29-30H2/i1D,3D,4D,7D,8D,9D,10D,12D,13D,16D,17D,18D,19D,22D,23D,24D,25D,28D,31D. The van der Waals surface area contributed by atoms with E-state index in [0.717, 1.165) is 16.5 Å². The molecule has 0 aliphatic carbocycles. The normalized spacial score (nSPS) is 16.9. The molecule has 1 heteroatoms. The zero-order valence-corrected chi connectivity index (χ0v) is 26.7. The Morgan fingerprint density at radius 2 is 1.08 bits per heavy atom. The van der Waals surface area contributed by atoms with Gasteiger partial charge in [-0.05, 0) is 114 Å². The zero-order chi connectivity index (χ0) is 50.3. The summed E-state index contributed by atoms with van der Waals surface area (Å²) in [5.74, 6) is 0. The van der Waals surface area contributed by atoms with E-state index >= 15 is 0 Å². The molecule has 0 atom stereocenters. The van der Waals surface area contributed by atoms with Crippen LogP contribution in [0.5, 0.6) is 0 Å². The summed E-state index contributed by atoms with van der Waals surface area (Å²) in [5.41, 5.74) is 2.21. The molecule has 240 valence electrons. The first-order valence-electron chi connectivity index (χ1n) is 25.7. The monoisotopic (exact) mass is 669 g/mol. The molecule has 0 fully saturated rings. The molecular formula is C50H34O. The first-order valence-corrected chi connectivity index (χ1v) is 16.2. The van der Waals surface area contributed by atoms with Gasteiger partial charge in [0.15, 0.2) is 0 Å². The molecule has 0 amide bonds. The van der Waals surface area contributed by atoms with E-state index in [9.17, 15) is 13.7 Å². The average molecular weight is 670 g/mol. The van der Waals surface area contributed by atoms with E-state index in [1.807, 2.05) is 48.5 Å². The van der Waals surface area contributed by atoms with E-state index in [0.29, 0.717) is 22.1 Å². The highest BCUT2D eigenvalue weighted by molar-refractivity contribution is 6.13. The fourth-order valence-corrected chi connectivity index (χ4v) is 6.84. The summed E-state index contributed by atoms with van der Waals surface area (Å²) >= 11 is 0. The molecule has 0 bridgehead atoms. The van der Waals surface area contributed by atoms with Crippen LogP contribution in [0, 0.1) is 0 Å². The quantitative estimate of drug-likeness (QED) is 0.161. The fourth-order valence-electron chi connectivity index (χ4n) is 6.84. The average Bonchev–Trinajstić information content (AvgIpc) is 3.73. The molecule has 0 saturated heterocycles. The number of fused-ring (bicyclic) bond motifs is 6. The first kappa shape index (κ1) is 16.1. The van der Waals surface area contributed by atoms with Crippen LogP contribution in [0.1, 0.15) is 48.3 Å². The van der Waals surface area contributed by atoms with E-state index in [1.54, 1.807) is 18.2 Å². The lowest BCUT2D eigenvalue weighted by Gasteiger charge is -2.17. The number of furan rings is 1. The van der Waals surface area contributed by atoms with Crippen LogP contribution in [0.4, 0.5) is 0 Å². The predicted octanol–water partition coefficient (Wildman–Crippen LogP) is 13.6. The van der Waals surface area contributed by atoms with Gasteiger partial charge in [0.1, 0.15) is 11.2 Å². The number of rotatable bonds is 6. The van der Waals surface area contributed by atoms with Crippen LogP contribution < -0.4 is 0 Å². The zero-order valence-electron chi connectivity index (χ0n) is 45.7. The van der Waals surface area contributed by atoms with Crippen molar-refractivity contribution in [3.05, 3.63) is 204 Å². The lowest BCUT2D eigenvalue weighted by Crippen LogP contribution is -1.98. The van der Waals surface area contributed by atoms with Gasteiger partial charge in [-0.3, -0.25) is 0 Å². The molecule has 0 N–H and O–H groups in total. The van der Waals surface area contributed by atoms with Crippen molar-refractivity contribution in [3.8, 4) is 22.3 Å². The molecule has 1 heterocycles. The minimum Gasteiger partial charge on any atom is -0.456 e. The predicted molar refractivity (Wildman–Crippen MR) is 216 cm³/mol. The molecule has 0 saturated carbocycles. The van der Waals surface area contributed by atoms with Crippen LogP contribution in [0.15, 0.2) is 186 Å². The summed E-state index contributed by atoms with van der Waals surface area (Å²) in [6, 6.07) is 8.10. The first-order chi connectivity index (χ1) is 33.2. The topological polar surface area (TPSA) is 13.1 Å². The lowest BCUT2D eigenvalue weighted by atomic mass is 9.86. The van der Waals surface area contributed by atoms with E-state index in [4.69, 9.17) is 16.8 Å². The number of hydrogen-bond donors (Lipinski definition) is 0. The maximum atomic E-state index is 9.58. The summed E-state index contributed by atoms with van der Waals surface area (Å²) < 4.78 is 177. The van der Waals surface area contributed by atoms with Crippen molar-refractivity contribution in [2.24, 2.45) is 0 Å². The van der Waals surface area contributed by atoms with Crippen LogP contribution >= 0.6 is 0 Å². The third-order valence-electron chi connectivity index (χ3n) is 9.14. The molecule has 0 aliphatic rings. The molecule has 0 radical (unpaired) electrons. The van der Waals surface area contributed by atoms with Gasteiger partial charge >= 0.3 is 0 Å². The van der Waals surface area contributed by atoms with Crippen LogP contribution in [0.25, 0.3) is 76.5 Å². The van der Waals surface area contributed by atoms with E-state index in [2.05, 4.69) is 0 Å². The molecule has 10 aromatic rings. The van der Waals surface area contributed by atoms with Crippen LogP contribution in [0.3, 0.4) is 0 Å². The van der Waals surface area contributed by atoms with Crippen LogP contribution in [-0.2, 0) is 12.8 Å². The maximum absolute atomic E-state index is 9.58. The summed E-state index contributed by atoms with van der Waals surface area (Å²) in [7, 11) is 0. The SMILES string of the molecule is [2H]c1c([2H])c([2H])c(Cc2c3c([2H])c([2H])c([2H])c([2H])c3c(Cc3c([2H])c([2H])c4c([2H])c(-c5ccc6oc7cccc(-c8ccccc8)c7c6c5)c([2H])c([2H])c4c3[2H])c3c([2H])c([2H])c([2H])c([2H])c23)c([2H])c1[2H]. The van der Waals surface area contributed by atoms with Gasteiger partial charge in [-0.25, -0.2) is 0 Å². The Bertz CT molecular complexity index is 3880. The van der Waals surface area contributed by atoms with Gasteiger partial charge < -0.3 is 4.42 Å². The van der Waals surface area contributed by atoms with Gasteiger partial charge in [-0.1, -0.05) is 157 Å². The summed E-state index contributed by atoms with van der Waals surface area (Å²) in [6.45, 7) is 0. The van der Waals surface area contributed by atoms with Crippen molar-refractivity contribution >= 4 is 54.3 Å². The largest absolute Gasteiger partial charge is 0.456 e. The molecular weight excluding hydrogens is 617 g/mol. The van der Waals surface area contributed by atoms with Gasteiger partial charge in [0.05, 0.1) is 26.0 Å². The maximum Gasteiger partial charge on any atom is 0.136 e. The Balaban J connectivity index is 1.24. The Hall–Kier alpha value is -6.44. The second kappa shape index (κ2) is 12.2. The number of benzene rings is 9. The van der Waals surface area contributed by atoms with E-state index in [-0.39, 0.29) is 60.1 Å². The van der Waals surface area contributed by atoms with E-state index < -0.39 is 128 Å². The summed E-state index contributed by atoms with van der Waals surface area (Å²) in [5, 5.41) is -0.385. The van der Waals surface area contributed by atoms with Crippen molar-refractivity contribution in [2.75, 3.05) is 0 Å². The second-order valence-corrected chi connectivity index (χ2v) is 12.1. The molecule has 1 aromatic heterocycles. The molecule has 9 aromatic carbocycles. The van der Waals surface area contributed by atoms with Gasteiger partial charge in [-0.15, -0.1) is 0 Å². The van der Waals surface area contributed by atoms with E-state index in [1.165, 1.54) is 0 Å². The van der Waals surface area contributed by atoms with Crippen molar-refractivity contribution < 1.29 is 30.5 Å². The summed E-state index contributed by atoms with van der Waals surface area (Å²) in [6.07, 6.45) is -1.32. The molecule has 51 heavy (non-hydrogen) atoms. The van der Waals surface area contributed by atoms with Crippen molar-refractivity contribution in [3.63, 3.8) is 0 Å². The molecule has 10 rings (SSSR count). The Labute approximate surface area is 323 Å². The number of hydrogen-bond acceptors (Lipinski definition) is 1. The fraction of sp³-hybridized carbons (Fsp3) is 0.0400. The molecule has 0 aliphatic heterocycles. The van der Waals surface area contributed by atoms with Gasteiger partial charge in [0, 0.05) is 10.8 Å². The van der Waals surface area contributed by atoms with Gasteiger partial charge in [-0.2, -0.15) is 0 Å². The highest BCUT2D eigenvalue weighted by Crippen LogP contribution is 2.39. The Morgan fingerprint density at radius 1 is 0.431 bits per heavy atom. The third-order valence-corrected chi connectivity index (χ3v) is 9.14. The van der Waals surface area contributed by atoms with Gasteiger partial charge in [0.2, 0.25) is 0 Å². The minimum atomic E-state index is -0.749. The Morgan fingerprint density at radius 3 is 1.80 bits per heavy atom. The molecule has 1 nitrogen and oxygen atoms in total. The minimum absolute atomic E-state index is 0.0373. The second-order valence-electron chi connectivity index (χ2n) is 12.1. The highest BCUT2D eigenvalue weighted by atomic mass is 16.3. The van der Waals surface area contributed by atoms with Crippen molar-refractivity contribution in [1.82, 2.24) is 0 Å². The van der Waals surface area contributed by atoms with Crippen LogP contribution in [-0.4, -0.2) is 0 Å². The summed E-state index contributed by atoms with van der Waals surface area (Å²) in [4.78, 5) is 0. The Kier molecular flexibility index (Phi) is 3.83. The third kappa shape index (κ3) is 5.18. The smallest absolute Gasteiger partial charge is 0.136 e. The van der Waals surface area contributed by atoms with Gasteiger partial charge in [0.25, 0.3) is 0 Å². The molecule has 0 spiro atoms. The lowest BCUT2D eigenvalue weighted by molar-refractivity contribution is 0.669. The van der Waals surface area contributed by atoms with Crippen LogP contribution in [0.2, 0.25) is 0 Å². The molecule has 0 unspecified atom stereocenters. The van der Waals surface area contributed by atoms with Crippen molar-refractivity contribution in [2.45, 2.75) is 12.8 Å². The van der Waals surface area contributed by atoms with Crippen molar-refractivity contribution in [1.29, 1.82) is 0 Å².